The van der Waals surface area contributed by atoms with Crippen LogP contribution in [0.3, 0.4) is 0 Å². The number of nitrogens with two attached hydrogens (primary N) is 2. The molecule has 25 heavy (non-hydrogen) atoms. The lowest BCUT2D eigenvalue weighted by atomic mass is 9.93. The molecule has 0 aromatic heterocycles. The highest BCUT2D eigenvalue weighted by Gasteiger charge is 2.30. The largest absolute Gasteiger partial charge is 0.400 e. The van der Waals surface area contributed by atoms with Crippen LogP contribution in [0.2, 0.25) is 5.02 Å². The van der Waals surface area contributed by atoms with Crippen molar-refractivity contribution in [2.75, 3.05) is 6.54 Å². The fourth-order valence-corrected chi connectivity index (χ4v) is 3.12. The Kier molecular flexibility index (Phi) is 5.64. The van der Waals surface area contributed by atoms with Crippen LogP contribution in [0.15, 0.2) is 41.2 Å². The van der Waals surface area contributed by atoms with E-state index in [0.717, 1.165) is 11.8 Å². The zero-order chi connectivity index (χ0) is 18.7. The Morgan fingerprint density at radius 1 is 1.44 bits per heavy atom. The van der Waals surface area contributed by atoms with Gasteiger partial charge in [0.1, 0.15) is 0 Å². The Balaban J connectivity index is 2.29. The molecule has 1 aliphatic heterocycles. The van der Waals surface area contributed by atoms with Crippen molar-refractivity contribution < 1.29 is 4.79 Å². The second-order valence-electron chi connectivity index (χ2n) is 6.14. The van der Waals surface area contributed by atoms with Crippen molar-refractivity contribution in [3.8, 4) is 0 Å². The van der Waals surface area contributed by atoms with Gasteiger partial charge in [-0.25, -0.2) is 0 Å². The van der Waals surface area contributed by atoms with Crippen LogP contribution in [0, 0.1) is 17.7 Å². The van der Waals surface area contributed by atoms with E-state index >= 15 is 0 Å². The summed E-state index contributed by atoms with van der Waals surface area (Å²) >= 11 is 6.21. The first kappa shape index (κ1) is 18.7. The normalized spacial score (nSPS) is 18.3. The molecule has 6 N–H and O–H groups in total. The summed E-state index contributed by atoms with van der Waals surface area (Å²) in [6.45, 7) is 4.02. The van der Waals surface area contributed by atoms with E-state index in [0.29, 0.717) is 28.3 Å². The van der Waals surface area contributed by atoms with Gasteiger partial charge in [-0.05, 0) is 44.0 Å². The summed E-state index contributed by atoms with van der Waals surface area (Å²) in [5.74, 6) is -0.186. The topological polar surface area (TPSA) is 120 Å². The summed E-state index contributed by atoms with van der Waals surface area (Å²) in [5, 5.41) is 15.6. The highest BCUT2D eigenvalue weighted by atomic mass is 35.5. The molecule has 0 spiro atoms. The summed E-state index contributed by atoms with van der Waals surface area (Å²) in [6.07, 6.45) is 2.80. The lowest BCUT2D eigenvalue weighted by Gasteiger charge is -2.35. The minimum Gasteiger partial charge on any atom is -0.400 e. The third-order valence-electron chi connectivity index (χ3n) is 4.23. The second kappa shape index (κ2) is 7.53. The maximum absolute atomic E-state index is 12.8. The Bertz CT molecular complexity index is 797. The highest BCUT2D eigenvalue weighted by molar-refractivity contribution is 6.33. The van der Waals surface area contributed by atoms with Gasteiger partial charge in [0, 0.05) is 23.5 Å². The van der Waals surface area contributed by atoms with Crippen molar-refractivity contribution in [2.45, 2.75) is 26.3 Å². The molecular formula is C18H22ClN5O. The van der Waals surface area contributed by atoms with E-state index < -0.39 is 0 Å². The number of aryl methyl sites for hydroxylation is 1. The molecule has 0 fully saturated rings. The molecule has 1 aromatic rings. The van der Waals surface area contributed by atoms with Crippen LogP contribution < -0.4 is 11.5 Å². The predicted molar refractivity (Wildman–Crippen MR) is 101 cm³/mol. The van der Waals surface area contributed by atoms with E-state index in [2.05, 4.69) is 0 Å². The van der Waals surface area contributed by atoms with Crippen LogP contribution in [0.4, 0.5) is 0 Å². The van der Waals surface area contributed by atoms with Crippen LogP contribution >= 0.6 is 11.6 Å². The molecular weight excluding hydrogens is 338 g/mol. The predicted octanol–water partition coefficient (Wildman–Crippen LogP) is 2.61. The zero-order valence-corrected chi connectivity index (χ0v) is 15.0. The van der Waals surface area contributed by atoms with Gasteiger partial charge in [-0.15, -0.1) is 0 Å². The Hall–Kier alpha value is -2.60. The maximum atomic E-state index is 12.8. The molecule has 6 nitrogen and oxygen atoms in total. The lowest BCUT2D eigenvalue weighted by Crippen LogP contribution is -2.46. The van der Waals surface area contributed by atoms with Crippen molar-refractivity contribution in [2.24, 2.45) is 11.5 Å². The van der Waals surface area contributed by atoms with Gasteiger partial charge in [0.15, 0.2) is 0 Å². The molecule has 1 unspecified atom stereocenters. The number of hydrogen-bond donors (Lipinski definition) is 4. The number of allylic oxidation sites excluding steroid dienone is 2. The molecule has 1 amide bonds. The van der Waals surface area contributed by atoms with Gasteiger partial charge in [-0.2, -0.15) is 0 Å². The highest BCUT2D eigenvalue weighted by Crippen LogP contribution is 2.27. The van der Waals surface area contributed by atoms with Gasteiger partial charge in [-0.3, -0.25) is 10.2 Å². The third-order valence-corrected chi connectivity index (χ3v) is 4.54. The molecule has 132 valence electrons. The fourth-order valence-electron chi connectivity index (χ4n) is 2.80. The van der Waals surface area contributed by atoms with E-state index in [4.69, 9.17) is 33.9 Å². The van der Waals surface area contributed by atoms with E-state index in [1.54, 1.807) is 17.0 Å². The van der Waals surface area contributed by atoms with Gasteiger partial charge in [-0.1, -0.05) is 17.7 Å². The van der Waals surface area contributed by atoms with Crippen molar-refractivity contribution in [3.63, 3.8) is 0 Å². The van der Waals surface area contributed by atoms with Crippen molar-refractivity contribution in [3.05, 3.63) is 57.4 Å². The molecule has 7 heteroatoms. The van der Waals surface area contributed by atoms with Crippen LogP contribution in [0.5, 0.6) is 0 Å². The first-order valence-corrected chi connectivity index (χ1v) is 8.24. The number of carbonyl (C=O) groups is 1. The minimum atomic E-state index is -0.186. The summed E-state index contributed by atoms with van der Waals surface area (Å²) in [7, 11) is 0. The quantitative estimate of drug-likeness (QED) is 0.618. The van der Waals surface area contributed by atoms with Crippen molar-refractivity contribution in [1.82, 2.24) is 4.90 Å². The summed E-state index contributed by atoms with van der Waals surface area (Å²) in [6, 6.07) is 5.17. The van der Waals surface area contributed by atoms with Gasteiger partial charge < -0.3 is 21.8 Å². The minimum absolute atomic E-state index is 0.105. The Labute approximate surface area is 152 Å². The number of benzene rings is 1. The molecule has 0 bridgehead atoms. The first-order chi connectivity index (χ1) is 11.8. The SMILES string of the molecule is Cc1ccc(C(=O)N2CC(N)=C(C(=N)/C(N)=C/C=N)CC2C)c(Cl)c1. The van der Waals surface area contributed by atoms with E-state index in [-0.39, 0.29) is 29.9 Å². The van der Waals surface area contributed by atoms with E-state index in [9.17, 15) is 4.79 Å². The first-order valence-electron chi connectivity index (χ1n) is 7.86. The summed E-state index contributed by atoms with van der Waals surface area (Å²) in [4.78, 5) is 14.5. The molecule has 0 saturated carbocycles. The van der Waals surface area contributed by atoms with Gasteiger partial charge in [0.2, 0.25) is 0 Å². The number of rotatable bonds is 4. The fraction of sp³-hybridized carbons (Fsp3) is 0.278. The molecule has 0 radical (unpaired) electrons. The molecule has 1 aromatic carbocycles. The lowest BCUT2D eigenvalue weighted by molar-refractivity contribution is 0.0698. The standard InChI is InChI=1S/C18H22ClN5O/c1-10-3-4-12(14(19)7-10)18(25)24-9-16(22)13(8-11(24)2)17(23)15(21)5-6-20/h3-7,11,20,23H,8-9,21-22H2,1-2H3/b15-5-,20-6?,23-17?. The number of halogens is 1. The van der Waals surface area contributed by atoms with Crippen LogP contribution in [0.25, 0.3) is 0 Å². The second-order valence-corrected chi connectivity index (χ2v) is 6.54. The van der Waals surface area contributed by atoms with Gasteiger partial charge in [0.25, 0.3) is 5.91 Å². The molecule has 2 rings (SSSR count). The average molecular weight is 360 g/mol. The number of amides is 1. The van der Waals surface area contributed by atoms with E-state index in [1.807, 2.05) is 19.9 Å². The third kappa shape index (κ3) is 3.91. The summed E-state index contributed by atoms with van der Waals surface area (Å²) < 4.78 is 0. The number of hydrogen-bond acceptors (Lipinski definition) is 5. The number of carbonyl (C=O) groups excluding carboxylic acids is 1. The van der Waals surface area contributed by atoms with Crippen LogP contribution in [-0.2, 0) is 0 Å². The molecule has 1 aliphatic rings. The zero-order valence-electron chi connectivity index (χ0n) is 14.3. The van der Waals surface area contributed by atoms with Crippen molar-refractivity contribution >= 4 is 29.4 Å². The smallest absolute Gasteiger partial charge is 0.255 e. The van der Waals surface area contributed by atoms with Crippen LogP contribution in [0.1, 0.15) is 29.3 Å². The molecule has 0 saturated heterocycles. The Morgan fingerprint density at radius 2 is 2.12 bits per heavy atom. The van der Waals surface area contributed by atoms with Gasteiger partial charge >= 0.3 is 0 Å². The molecule has 1 heterocycles. The maximum Gasteiger partial charge on any atom is 0.255 e. The Morgan fingerprint density at radius 3 is 2.72 bits per heavy atom. The van der Waals surface area contributed by atoms with Crippen LogP contribution in [-0.4, -0.2) is 35.3 Å². The van der Waals surface area contributed by atoms with E-state index in [1.165, 1.54) is 6.08 Å². The number of nitrogens with one attached hydrogen (secondary N) is 2. The number of nitrogens with zero attached hydrogens (tertiary/aromatic N) is 1. The average Bonchev–Trinajstić information content (AvgIpc) is 2.55. The van der Waals surface area contributed by atoms with Crippen molar-refractivity contribution in [1.29, 1.82) is 10.8 Å². The summed E-state index contributed by atoms with van der Waals surface area (Å²) in [5.41, 5.74) is 14.7. The molecule has 1 atom stereocenters. The van der Waals surface area contributed by atoms with Gasteiger partial charge in [0.05, 0.1) is 28.5 Å². The molecule has 0 aliphatic carbocycles. The monoisotopic (exact) mass is 359 g/mol.